The van der Waals surface area contributed by atoms with Gasteiger partial charge in [0.2, 0.25) is 0 Å². The number of aliphatic carboxylic acids is 1. The van der Waals surface area contributed by atoms with Crippen LogP contribution < -0.4 is 0 Å². The number of benzene rings is 1. The summed E-state index contributed by atoms with van der Waals surface area (Å²) >= 11 is 0. The summed E-state index contributed by atoms with van der Waals surface area (Å²) < 4.78 is 0. The van der Waals surface area contributed by atoms with Gasteiger partial charge in [-0.05, 0) is 73.0 Å². The van der Waals surface area contributed by atoms with Crippen LogP contribution in [0.15, 0.2) is 71.0 Å². The van der Waals surface area contributed by atoms with Gasteiger partial charge < -0.3 is 25.5 Å². The van der Waals surface area contributed by atoms with Crippen LogP contribution in [-0.2, 0) is 14.4 Å². The van der Waals surface area contributed by atoms with Crippen molar-refractivity contribution < 1.29 is 39.9 Å². The van der Waals surface area contributed by atoms with Gasteiger partial charge in [-0.3, -0.25) is 9.59 Å². The number of carbonyl (C=O) groups excluding carboxylic acids is 2. The number of hydrogen-bond donors (Lipinski definition) is 5. The van der Waals surface area contributed by atoms with Gasteiger partial charge in [0.15, 0.2) is 5.78 Å². The van der Waals surface area contributed by atoms with Gasteiger partial charge in [0.25, 0.3) is 0 Å². The van der Waals surface area contributed by atoms with E-state index in [0.717, 1.165) is 18.4 Å². The predicted molar refractivity (Wildman–Crippen MR) is 193 cm³/mol. The van der Waals surface area contributed by atoms with Crippen molar-refractivity contribution in [2.45, 2.75) is 110 Å². The van der Waals surface area contributed by atoms with Crippen LogP contribution in [0.1, 0.15) is 98.5 Å². The molecule has 6 aliphatic rings. The van der Waals surface area contributed by atoms with Crippen LogP contribution in [0.4, 0.5) is 0 Å². The number of Topliss-reactive ketones (excluding diaryl/α,β-unsaturated/α-hetero) is 2. The molecule has 1 aromatic carbocycles. The van der Waals surface area contributed by atoms with Crippen molar-refractivity contribution in [1.29, 1.82) is 0 Å². The Bertz CT molecular complexity index is 1800. The Balaban J connectivity index is 1.47. The molecule has 1 aromatic rings. The Kier molecular flexibility index (Phi) is 8.19. The lowest BCUT2D eigenvalue weighted by atomic mass is 9.34. The molecule has 0 heterocycles. The van der Waals surface area contributed by atoms with Crippen LogP contribution in [0, 0.1) is 51.2 Å². The van der Waals surface area contributed by atoms with Gasteiger partial charge >= 0.3 is 5.97 Å². The normalized spacial score (nSPS) is 43.6. The Morgan fingerprint density at radius 3 is 2.31 bits per heavy atom. The molecule has 6 aliphatic carbocycles. The summed E-state index contributed by atoms with van der Waals surface area (Å²) in [6, 6.07) is 9.84. The first-order chi connectivity index (χ1) is 23.8. The number of aliphatic hydroxyl groups is 4. The molecule has 3 saturated carbocycles. The van der Waals surface area contributed by atoms with E-state index in [2.05, 4.69) is 13.8 Å². The summed E-state index contributed by atoms with van der Waals surface area (Å²) in [7, 11) is 0. The number of carboxylic acids is 1. The van der Waals surface area contributed by atoms with Crippen LogP contribution in [0.25, 0.3) is 6.08 Å². The molecule has 0 spiro atoms. The summed E-state index contributed by atoms with van der Waals surface area (Å²) in [6.45, 7) is 11.5. The second-order valence-corrected chi connectivity index (χ2v) is 17.9. The molecule has 0 radical (unpaired) electrons. The van der Waals surface area contributed by atoms with Crippen molar-refractivity contribution in [3.8, 4) is 0 Å². The van der Waals surface area contributed by atoms with Gasteiger partial charge in [-0.1, -0.05) is 102 Å². The fourth-order valence-electron chi connectivity index (χ4n) is 12.9. The average Bonchev–Trinajstić information content (AvgIpc) is 3.26. The topological polar surface area (TPSA) is 152 Å². The lowest BCUT2D eigenvalue weighted by Gasteiger charge is -2.69. The van der Waals surface area contributed by atoms with E-state index in [1.807, 2.05) is 63.3 Å². The standard InChI is InChI=1S/C43H54O8/c1-24(37(48)49)33(46)30(44)22-26-14-10-11-15-27-34(47)32-36-41(6)40(27,5)29(26)23-42(41,50)20-21-43(36,51)28(17-16-25-12-8-7-9-13-25)35-38(2,3)31(45)18-19-39(32,35)4/h7-9,12-13,16-17,20-21,26-30,35,44,46,50-51H,10-11,14-15,18-19,22-23H2,1-6H3,(H,48,49). The Hall–Kier alpha value is -3.33. The first-order valence-electron chi connectivity index (χ1n) is 18.8. The molecule has 5 N–H and O–H groups in total. The molecule has 0 saturated heterocycles. The largest absolute Gasteiger partial charge is 0.509 e. The van der Waals surface area contributed by atoms with Gasteiger partial charge in [0.1, 0.15) is 23.2 Å². The third kappa shape index (κ3) is 4.58. The third-order valence-electron chi connectivity index (χ3n) is 15.5. The summed E-state index contributed by atoms with van der Waals surface area (Å²) in [6.07, 6.45) is 10.1. The smallest absolute Gasteiger partial charge is 0.334 e. The Morgan fingerprint density at radius 1 is 0.980 bits per heavy atom. The van der Waals surface area contributed by atoms with E-state index in [4.69, 9.17) is 0 Å². The van der Waals surface area contributed by atoms with E-state index in [1.54, 1.807) is 12.2 Å². The molecule has 0 bridgehead atoms. The molecule has 274 valence electrons. The zero-order valence-corrected chi connectivity index (χ0v) is 30.8. The van der Waals surface area contributed by atoms with E-state index in [-0.39, 0.29) is 35.4 Å². The minimum absolute atomic E-state index is 0.00162. The molecule has 51 heavy (non-hydrogen) atoms. The zero-order valence-electron chi connectivity index (χ0n) is 30.8. The van der Waals surface area contributed by atoms with E-state index in [1.165, 1.54) is 6.92 Å². The average molecular weight is 699 g/mol. The van der Waals surface area contributed by atoms with Gasteiger partial charge in [-0.15, -0.1) is 0 Å². The van der Waals surface area contributed by atoms with Crippen molar-refractivity contribution in [2.24, 2.45) is 51.2 Å². The lowest BCUT2D eigenvalue weighted by Crippen LogP contribution is -2.71. The van der Waals surface area contributed by atoms with Crippen LogP contribution in [0.5, 0.6) is 0 Å². The highest BCUT2D eigenvalue weighted by Gasteiger charge is 2.80. The van der Waals surface area contributed by atoms with Crippen molar-refractivity contribution in [1.82, 2.24) is 0 Å². The summed E-state index contributed by atoms with van der Waals surface area (Å²) in [4.78, 5) is 41.0. The SMILES string of the molecule is CC(C(=O)O)=C(O)C(O)CC1CCCCC2C(=O)C3=C4C(O)(C=CC5(O)CC1C2(C)C45C)C(C=Cc1ccccc1)C1C(C)(C)C(=O)CCC31C. The lowest BCUT2D eigenvalue weighted by molar-refractivity contribution is -0.170. The summed E-state index contributed by atoms with van der Waals surface area (Å²) in [5.74, 6) is -3.75. The molecule has 3 fully saturated rings. The van der Waals surface area contributed by atoms with E-state index < -0.39 is 68.4 Å². The second kappa shape index (κ2) is 11.6. The molecule has 11 unspecified atom stereocenters. The van der Waals surface area contributed by atoms with Gasteiger partial charge in [-0.2, -0.15) is 0 Å². The fourth-order valence-corrected chi connectivity index (χ4v) is 12.9. The molecule has 11 atom stereocenters. The fraction of sp³-hybridized carbons (Fsp3) is 0.605. The Morgan fingerprint density at radius 2 is 1.65 bits per heavy atom. The highest BCUT2D eigenvalue weighted by atomic mass is 16.4. The molecule has 0 aromatic heterocycles. The molecule has 0 amide bonds. The van der Waals surface area contributed by atoms with Crippen molar-refractivity contribution in [3.05, 3.63) is 76.6 Å². The van der Waals surface area contributed by atoms with Crippen molar-refractivity contribution in [2.75, 3.05) is 0 Å². The minimum Gasteiger partial charge on any atom is -0.509 e. The number of ketones is 2. The highest BCUT2D eigenvalue weighted by Crippen LogP contribution is 2.80. The number of aliphatic hydroxyl groups excluding tert-OH is 2. The first-order valence-corrected chi connectivity index (χ1v) is 18.8. The maximum atomic E-state index is 15.5. The number of carbonyl (C=O) groups is 3. The van der Waals surface area contributed by atoms with E-state index >= 15 is 4.79 Å². The maximum absolute atomic E-state index is 15.5. The van der Waals surface area contributed by atoms with Crippen LogP contribution in [-0.4, -0.2) is 60.4 Å². The predicted octanol–water partition coefficient (Wildman–Crippen LogP) is 6.76. The molecule has 7 rings (SSSR count). The third-order valence-corrected chi connectivity index (χ3v) is 15.5. The van der Waals surface area contributed by atoms with Gasteiger partial charge in [0, 0.05) is 40.1 Å². The molecule has 8 nitrogen and oxygen atoms in total. The van der Waals surface area contributed by atoms with Crippen LogP contribution >= 0.6 is 0 Å². The number of rotatable bonds is 6. The molecule has 0 aliphatic heterocycles. The molecular weight excluding hydrogens is 644 g/mol. The highest BCUT2D eigenvalue weighted by molar-refractivity contribution is 6.03. The monoisotopic (exact) mass is 698 g/mol. The minimum atomic E-state index is -1.67. The summed E-state index contributed by atoms with van der Waals surface area (Å²) in [5.41, 5.74) is -4.81. The molecule has 8 heteroatoms. The van der Waals surface area contributed by atoms with Crippen molar-refractivity contribution in [3.63, 3.8) is 0 Å². The number of fused-ring (bicyclic) bond motifs is 2. The Labute approximate surface area is 301 Å². The van der Waals surface area contributed by atoms with Crippen LogP contribution in [0.2, 0.25) is 0 Å². The number of allylic oxidation sites excluding steroid dienone is 1. The second-order valence-electron chi connectivity index (χ2n) is 17.9. The maximum Gasteiger partial charge on any atom is 0.334 e. The quantitative estimate of drug-likeness (QED) is 0.124. The first kappa shape index (κ1) is 36.0. The number of hydrogen-bond acceptors (Lipinski definition) is 7. The van der Waals surface area contributed by atoms with Gasteiger partial charge in [-0.25, -0.2) is 4.79 Å². The number of carboxylic acid groups (broad SMARTS) is 1. The van der Waals surface area contributed by atoms with Gasteiger partial charge in [0.05, 0.1) is 11.2 Å². The van der Waals surface area contributed by atoms with Crippen LogP contribution in [0.3, 0.4) is 0 Å². The molecular formula is C43H54O8. The van der Waals surface area contributed by atoms with E-state index in [0.29, 0.717) is 43.3 Å². The summed E-state index contributed by atoms with van der Waals surface area (Å²) in [5, 5.41) is 58.0. The van der Waals surface area contributed by atoms with E-state index in [9.17, 15) is 35.1 Å². The zero-order chi connectivity index (χ0) is 37.1. The van der Waals surface area contributed by atoms with Crippen molar-refractivity contribution >= 4 is 23.6 Å².